The second-order valence-electron chi connectivity index (χ2n) is 10.6. The number of nitrogens with one attached hydrogen (secondary N) is 1. The maximum Gasteiger partial charge on any atom is 0.289 e. The van der Waals surface area contributed by atoms with Crippen LogP contribution in [-0.2, 0) is 14.3 Å². The number of hydrogen-bond donors (Lipinski definition) is 1. The van der Waals surface area contributed by atoms with Crippen molar-refractivity contribution in [1.82, 2.24) is 10.2 Å². The van der Waals surface area contributed by atoms with Crippen molar-refractivity contribution in [3.8, 4) is 0 Å². The molecular formula is C26H37ClN2O3. The van der Waals surface area contributed by atoms with Crippen molar-refractivity contribution >= 4 is 29.5 Å². The van der Waals surface area contributed by atoms with Gasteiger partial charge in [-0.05, 0) is 66.7 Å². The Morgan fingerprint density at radius 3 is 2.56 bits per heavy atom. The summed E-state index contributed by atoms with van der Waals surface area (Å²) in [7, 11) is 0. The minimum absolute atomic E-state index is 0.0657. The molecule has 3 unspecified atom stereocenters. The molecule has 1 aliphatic heterocycles. The van der Waals surface area contributed by atoms with Crippen LogP contribution in [0.15, 0.2) is 30.0 Å². The molecule has 1 saturated carbocycles. The number of morpholine rings is 1. The zero-order valence-electron chi connectivity index (χ0n) is 20.0. The average molecular weight is 461 g/mol. The Labute approximate surface area is 197 Å². The molecule has 1 N–H and O–H groups in total. The summed E-state index contributed by atoms with van der Waals surface area (Å²) in [6.07, 6.45) is 5.38. The van der Waals surface area contributed by atoms with Crippen LogP contribution in [0.1, 0.15) is 65.9 Å². The number of ether oxygens (including phenoxy) is 1. The Bertz CT molecular complexity index is 842. The summed E-state index contributed by atoms with van der Waals surface area (Å²) in [5.74, 6) is 0.980. The van der Waals surface area contributed by atoms with Crippen LogP contribution in [0, 0.1) is 17.3 Å². The lowest BCUT2D eigenvalue weighted by Gasteiger charge is -2.48. The number of amides is 2. The molecule has 1 aromatic rings. The van der Waals surface area contributed by atoms with Crippen molar-refractivity contribution in [3.63, 3.8) is 0 Å². The van der Waals surface area contributed by atoms with Crippen molar-refractivity contribution in [2.24, 2.45) is 17.3 Å². The number of hydrogen-bond acceptors (Lipinski definition) is 3. The SMILES string of the molecule is CC(C)CCNC(=O)CN1C(=O)/C(=C\c2ccc(Cl)cc2)OC2CCC(C(C)(C)C)CC21. The highest BCUT2D eigenvalue weighted by atomic mass is 35.5. The topological polar surface area (TPSA) is 58.6 Å². The van der Waals surface area contributed by atoms with E-state index in [9.17, 15) is 9.59 Å². The fourth-order valence-electron chi connectivity index (χ4n) is 4.58. The van der Waals surface area contributed by atoms with Gasteiger partial charge < -0.3 is 15.0 Å². The lowest BCUT2D eigenvalue weighted by Crippen LogP contribution is -2.58. The van der Waals surface area contributed by atoms with Crippen LogP contribution in [0.5, 0.6) is 0 Å². The second kappa shape index (κ2) is 10.3. The van der Waals surface area contributed by atoms with Crippen LogP contribution >= 0.6 is 11.6 Å². The van der Waals surface area contributed by atoms with E-state index in [1.54, 1.807) is 23.1 Å². The van der Waals surface area contributed by atoms with Crippen molar-refractivity contribution in [2.75, 3.05) is 13.1 Å². The lowest BCUT2D eigenvalue weighted by atomic mass is 9.69. The van der Waals surface area contributed by atoms with E-state index < -0.39 is 0 Å². The summed E-state index contributed by atoms with van der Waals surface area (Å²) >= 11 is 5.99. The van der Waals surface area contributed by atoms with E-state index >= 15 is 0 Å². The first-order valence-corrected chi connectivity index (χ1v) is 12.1. The molecule has 1 aliphatic carbocycles. The van der Waals surface area contributed by atoms with Crippen LogP contribution in [0.2, 0.25) is 5.02 Å². The average Bonchev–Trinajstić information content (AvgIpc) is 2.71. The Morgan fingerprint density at radius 1 is 1.25 bits per heavy atom. The highest BCUT2D eigenvalue weighted by Crippen LogP contribution is 2.42. The fourth-order valence-corrected chi connectivity index (χ4v) is 4.71. The van der Waals surface area contributed by atoms with Gasteiger partial charge in [0.05, 0.1) is 6.04 Å². The fraction of sp³-hybridized carbons (Fsp3) is 0.615. The van der Waals surface area contributed by atoms with E-state index in [1.807, 2.05) is 12.1 Å². The van der Waals surface area contributed by atoms with Gasteiger partial charge in [0.15, 0.2) is 5.76 Å². The van der Waals surface area contributed by atoms with Gasteiger partial charge in [-0.3, -0.25) is 9.59 Å². The number of fused-ring (bicyclic) bond motifs is 1. The number of halogens is 1. The summed E-state index contributed by atoms with van der Waals surface area (Å²) < 4.78 is 6.23. The maximum absolute atomic E-state index is 13.5. The van der Waals surface area contributed by atoms with E-state index in [2.05, 4.69) is 39.9 Å². The van der Waals surface area contributed by atoms with Gasteiger partial charge in [0, 0.05) is 11.6 Å². The van der Waals surface area contributed by atoms with E-state index in [0.29, 0.717) is 29.2 Å². The summed E-state index contributed by atoms with van der Waals surface area (Å²) in [5.41, 5.74) is 0.999. The molecule has 1 aromatic carbocycles. The van der Waals surface area contributed by atoms with Gasteiger partial charge in [-0.15, -0.1) is 0 Å². The van der Waals surface area contributed by atoms with Crippen LogP contribution in [0.4, 0.5) is 0 Å². The molecule has 0 bridgehead atoms. The lowest BCUT2D eigenvalue weighted by molar-refractivity contribution is -0.154. The third-order valence-electron chi connectivity index (χ3n) is 6.66. The van der Waals surface area contributed by atoms with Gasteiger partial charge in [-0.1, -0.05) is 58.4 Å². The number of benzene rings is 1. The second-order valence-corrected chi connectivity index (χ2v) is 11.1. The summed E-state index contributed by atoms with van der Waals surface area (Å²) in [4.78, 5) is 27.9. The third kappa shape index (κ3) is 6.28. The van der Waals surface area contributed by atoms with Gasteiger partial charge >= 0.3 is 0 Å². The highest BCUT2D eigenvalue weighted by Gasteiger charge is 2.46. The first-order valence-electron chi connectivity index (χ1n) is 11.8. The molecule has 1 heterocycles. The molecule has 176 valence electrons. The van der Waals surface area contributed by atoms with Gasteiger partial charge in [-0.2, -0.15) is 0 Å². The standard InChI is InChI=1S/C26H37ClN2O3/c1-17(2)12-13-28-24(30)16-29-21-15-19(26(3,4)5)8-11-22(21)32-23(25(29)31)14-18-6-9-20(27)10-7-18/h6-7,9-10,14,17,19,21-22H,8,11-13,15-16H2,1-5H3,(H,28,30)/b23-14+. The number of nitrogens with zero attached hydrogens (tertiary/aromatic N) is 1. The molecule has 1 saturated heterocycles. The van der Waals surface area contributed by atoms with Crippen LogP contribution in [0.25, 0.3) is 6.08 Å². The van der Waals surface area contributed by atoms with Crippen LogP contribution in [-0.4, -0.2) is 41.9 Å². The first-order chi connectivity index (χ1) is 15.0. The summed E-state index contributed by atoms with van der Waals surface area (Å²) in [6.45, 7) is 11.7. The number of carbonyl (C=O) groups is 2. The third-order valence-corrected chi connectivity index (χ3v) is 6.91. The van der Waals surface area contributed by atoms with Gasteiger partial charge in [-0.25, -0.2) is 0 Å². The molecule has 2 aliphatic rings. The highest BCUT2D eigenvalue weighted by molar-refractivity contribution is 6.30. The monoisotopic (exact) mass is 460 g/mol. The molecular weight excluding hydrogens is 424 g/mol. The number of rotatable bonds is 6. The zero-order valence-corrected chi connectivity index (χ0v) is 20.7. The molecule has 2 amide bonds. The Balaban J connectivity index is 1.82. The van der Waals surface area contributed by atoms with Gasteiger partial charge in [0.25, 0.3) is 5.91 Å². The van der Waals surface area contributed by atoms with Gasteiger partial charge in [0.1, 0.15) is 12.6 Å². The minimum Gasteiger partial charge on any atom is -0.482 e. The Kier molecular flexibility index (Phi) is 7.92. The molecule has 5 nitrogen and oxygen atoms in total. The molecule has 0 radical (unpaired) electrons. The van der Waals surface area contributed by atoms with E-state index in [-0.39, 0.29) is 35.9 Å². The minimum atomic E-state index is -0.213. The quantitative estimate of drug-likeness (QED) is 0.587. The molecule has 3 atom stereocenters. The zero-order chi connectivity index (χ0) is 23.5. The van der Waals surface area contributed by atoms with Crippen LogP contribution < -0.4 is 5.32 Å². The normalized spacial score (nSPS) is 25.0. The van der Waals surface area contributed by atoms with Gasteiger partial charge in [0.2, 0.25) is 5.91 Å². The molecule has 32 heavy (non-hydrogen) atoms. The smallest absolute Gasteiger partial charge is 0.289 e. The van der Waals surface area contributed by atoms with Crippen LogP contribution in [0.3, 0.4) is 0 Å². The molecule has 6 heteroatoms. The predicted molar refractivity (Wildman–Crippen MR) is 129 cm³/mol. The van der Waals surface area contributed by atoms with Crippen molar-refractivity contribution < 1.29 is 14.3 Å². The van der Waals surface area contributed by atoms with Crippen molar-refractivity contribution in [3.05, 3.63) is 40.6 Å². The summed E-state index contributed by atoms with van der Waals surface area (Å²) in [6, 6.07) is 7.21. The summed E-state index contributed by atoms with van der Waals surface area (Å²) in [5, 5.41) is 3.62. The van der Waals surface area contributed by atoms with E-state index in [1.165, 1.54) is 0 Å². The van der Waals surface area contributed by atoms with E-state index in [0.717, 1.165) is 31.2 Å². The number of carbonyl (C=O) groups excluding carboxylic acids is 2. The predicted octanol–water partition coefficient (Wildman–Crippen LogP) is 5.29. The van der Waals surface area contributed by atoms with Crippen molar-refractivity contribution in [1.29, 1.82) is 0 Å². The molecule has 3 rings (SSSR count). The van der Waals surface area contributed by atoms with Crippen molar-refractivity contribution in [2.45, 2.75) is 72.4 Å². The Morgan fingerprint density at radius 2 is 1.94 bits per heavy atom. The largest absolute Gasteiger partial charge is 0.482 e. The Hall–Kier alpha value is -2.01. The van der Waals surface area contributed by atoms with E-state index in [4.69, 9.17) is 16.3 Å². The molecule has 2 fully saturated rings. The maximum atomic E-state index is 13.5. The molecule has 0 aromatic heterocycles. The first kappa shape index (κ1) is 24.6. The molecule has 0 spiro atoms.